The van der Waals surface area contributed by atoms with Crippen LogP contribution in [0.25, 0.3) is 11.0 Å². The maximum atomic E-state index is 9.93. The molecule has 0 fully saturated rings. The van der Waals surface area contributed by atoms with Gasteiger partial charge in [0.05, 0.1) is 12.3 Å². The second kappa shape index (κ2) is 3.99. The summed E-state index contributed by atoms with van der Waals surface area (Å²) in [7, 11) is 0. The van der Waals surface area contributed by atoms with Gasteiger partial charge in [-0.1, -0.05) is 5.16 Å². The fourth-order valence-electron chi connectivity index (χ4n) is 1.92. The second-order valence-corrected chi connectivity index (χ2v) is 3.90. The fraction of sp³-hybridized carbons (Fsp3) is 0.308. The van der Waals surface area contributed by atoms with Gasteiger partial charge < -0.3 is 9.63 Å². The lowest BCUT2D eigenvalue weighted by molar-refractivity contribution is 0.183. The number of aromatic nitrogens is 1. The molecule has 0 aliphatic carbocycles. The van der Waals surface area contributed by atoms with Crippen LogP contribution in [-0.2, 0) is 0 Å². The van der Waals surface area contributed by atoms with Gasteiger partial charge in [-0.05, 0) is 36.6 Å². The summed E-state index contributed by atoms with van der Waals surface area (Å²) in [5.74, 6) is 2.47. The van der Waals surface area contributed by atoms with E-state index in [2.05, 4.69) is 11.1 Å². The number of aryl methyl sites for hydroxylation is 2. The predicted molar refractivity (Wildman–Crippen MR) is 61.9 cm³/mol. The zero-order chi connectivity index (χ0) is 11.7. The van der Waals surface area contributed by atoms with E-state index >= 15 is 0 Å². The zero-order valence-corrected chi connectivity index (χ0v) is 9.32. The Labute approximate surface area is 94.1 Å². The highest BCUT2D eigenvalue weighted by Crippen LogP contribution is 2.29. The molecule has 0 amide bonds. The molecule has 16 heavy (non-hydrogen) atoms. The van der Waals surface area contributed by atoms with Crippen molar-refractivity contribution in [3.8, 4) is 12.3 Å². The first kappa shape index (κ1) is 10.7. The third kappa shape index (κ3) is 1.58. The Bertz CT molecular complexity index is 563. The summed E-state index contributed by atoms with van der Waals surface area (Å²) in [5, 5.41) is 14.6. The summed E-state index contributed by atoms with van der Waals surface area (Å²) in [5.41, 5.74) is 3.56. The van der Waals surface area contributed by atoms with Crippen LogP contribution in [0.15, 0.2) is 16.8 Å². The van der Waals surface area contributed by atoms with Gasteiger partial charge in [-0.25, -0.2) is 0 Å². The second-order valence-electron chi connectivity index (χ2n) is 3.90. The quantitative estimate of drug-likeness (QED) is 0.783. The minimum absolute atomic E-state index is 0.317. The Kier molecular flexibility index (Phi) is 2.67. The van der Waals surface area contributed by atoms with E-state index in [1.54, 1.807) is 6.20 Å². The number of rotatable bonds is 2. The maximum Gasteiger partial charge on any atom is 0.170 e. The first-order chi connectivity index (χ1) is 7.65. The van der Waals surface area contributed by atoms with E-state index in [1.807, 2.05) is 19.9 Å². The van der Waals surface area contributed by atoms with Crippen LogP contribution < -0.4 is 0 Å². The first-order valence-electron chi connectivity index (χ1n) is 5.11. The molecule has 1 aromatic heterocycles. The Hall–Kier alpha value is -1.79. The molecule has 82 valence electrons. The standard InChI is InChI=1S/C13H13NO2/c1-4-5-12(15)10-6-8(2)13-11(9(10)3)7-14-16-13/h1,6-7,12,15H,5H2,2-3H3. The molecular formula is C13H13NO2. The van der Waals surface area contributed by atoms with E-state index in [-0.39, 0.29) is 0 Å². The Morgan fingerprint density at radius 3 is 3.00 bits per heavy atom. The van der Waals surface area contributed by atoms with Crippen molar-refractivity contribution < 1.29 is 9.63 Å². The van der Waals surface area contributed by atoms with Gasteiger partial charge in [0.1, 0.15) is 0 Å². The highest BCUT2D eigenvalue weighted by Gasteiger charge is 2.15. The molecule has 0 spiro atoms. The molecule has 2 aromatic rings. The molecule has 2 rings (SSSR count). The van der Waals surface area contributed by atoms with Crippen molar-refractivity contribution in [2.45, 2.75) is 26.4 Å². The minimum Gasteiger partial charge on any atom is -0.387 e. The van der Waals surface area contributed by atoms with E-state index in [0.29, 0.717) is 6.42 Å². The highest BCUT2D eigenvalue weighted by molar-refractivity contribution is 5.84. The number of nitrogens with zero attached hydrogens (tertiary/aromatic N) is 1. The van der Waals surface area contributed by atoms with E-state index < -0.39 is 6.10 Å². The lowest BCUT2D eigenvalue weighted by Gasteiger charge is -2.12. The summed E-state index contributed by atoms with van der Waals surface area (Å²) >= 11 is 0. The Morgan fingerprint density at radius 1 is 1.56 bits per heavy atom. The van der Waals surface area contributed by atoms with Gasteiger partial charge in [0.25, 0.3) is 0 Å². The monoisotopic (exact) mass is 215 g/mol. The largest absolute Gasteiger partial charge is 0.387 e. The van der Waals surface area contributed by atoms with Gasteiger partial charge >= 0.3 is 0 Å². The summed E-state index contributed by atoms with van der Waals surface area (Å²) < 4.78 is 5.15. The van der Waals surface area contributed by atoms with Crippen molar-refractivity contribution >= 4 is 11.0 Å². The van der Waals surface area contributed by atoms with E-state index in [1.165, 1.54) is 0 Å². The summed E-state index contributed by atoms with van der Waals surface area (Å²) in [6.45, 7) is 3.87. The lowest BCUT2D eigenvalue weighted by atomic mass is 9.96. The average Bonchev–Trinajstić information content (AvgIpc) is 2.73. The molecule has 0 aliphatic heterocycles. The number of benzene rings is 1. The molecule has 0 radical (unpaired) electrons. The first-order valence-corrected chi connectivity index (χ1v) is 5.11. The van der Waals surface area contributed by atoms with Crippen molar-refractivity contribution in [2.75, 3.05) is 0 Å². The third-order valence-corrected chi connectivity index (χ3v) is 2.81. The zero-order valence-electron chi connectivity index (χ0n) is 9.32. The number of fused-ring (bicyclic) bond motifs is 1. The number of hydrogen-bond donors (Lipinski definition) is 1. The van der Waals surface area contributed by atoms with Crippen molar-refractivity contribution in [2.24, 2.45) is 0 Å². The maximum absolute atomic E-state index is 9.93. The van der Waals surface area contributed by atoms with Crippen molar-refractivity contribution in [3.05, 3.63) is 29.0 Å². The predicted octanol–water partition coefficient (Wildman–Crippen LogP) is 2.50. The van der Waals surface area contributed by atoms with Gasteiger partial charge in [-0.2, -0.15) is 0 Å². The third-order valence-electron chi connectivity index (χ3n) is 2.81. The van der Waals surface area contributed by atoms with Crippen LogP contribution in [0.4, 0.5) is 0 Å². The van der Waals surface area contributed by atoms with Crippen molar-refractivity contribution in [1.29, 1.82) is 0 Å². The molecular weight excluding hydrogens is 202 g/mol. The molecule has 3 nitrogen and oxygen atoms in total. The molecule has 1 unspecified atom stereocenters. The summed E-state index contributed by atoms with van der Waals surface area (Å²) in [6, 6.07) is 1.91. The van der Waals surface area contributed by atoms with Crippen LogP contribution >= 0.6 is 0 Å². The van der Waals surface area contributed by atoms with Crippen molar-refractivity contribution in [1.82, 2.24) is 5.16 Å². The summed E-state index contributed by atoms with van der Waals surface area (Å²) in [4.78, 5) is 0. The molecule has 1 N–H and O–H groups in total. The molecule has 0 bridgehead atoms. The van der Waals surface area contributed by atoms with Gasteiger partial charge in [-0.15, -0.1) is 12.3 Å². The molecule has 3 heteroatoms. The molecule has 1 atom stereocenters. The number of terminal acetylenes is 1. The van der Waals surface area contributed by atoms with Crippen LogP contribution in [0.5, 0.6) is 0 Å². The van der Waals surface area contributed by atoms with Crippen LogP contribution in [0.1, 0.15) is 29.2 Å². The van der Waals surface area contributed by atoms with E-state index in [4.69, 9.17) is 10.9 Å². The van der Waals surface area contributed by atoms with Gasteiger partial charge in [-0.3, -0.25) is 0 Å². The number of aliphatic hydroxyl groups is 1. The molecule has 0 saturated carbocycles. The molecule has 0 aliphatic rings. The normalized spacial score (nSPS) is 12.6. The highest BCUT2D eigenvalue weighted by atomic mass is 16.5. The van der Waals surface area contributed by atoms with Gasteiger partial charge in [0, 0.05) is 11.8 Å². The minimum atomic E-state index is -0.622. The van der Waals surface area contributed by atoms with Crippen LogP contribution in [0.2, 0.25) is 0 Å². The summed E-state index contributed by atoms with van der Waals surface area (Å²) in [6.07, 6.45) is 6.57. The molecule has 1 aromatic carbocycles. The fourth-order valence-corrected chi connectivity index (χ4v) is 1.92. The number of aliphatic hydroxyl groups excluding tert-OH is 1. The Morgan fingerprint density at radius 2 is 2.31 bits per heavy atom. The Balaban J connectivity index is 2.63. The molecule has 1 heterocycles. The average molecular weight is 215 g/mol. The SMILES string of the molecule is C#CCC(O)c1cc(C)c2oncc2c1C. The van der Waals surface area contributed by atoms with Crippen LogP contribution in [-0.4, -0.2) is 10.3 Å². The van der Waals surface area contributed by atoms with Gasteiger partial charge in [0.15, 0.2) is 5.58 Å². The topological polar surface area (TPSA) is 46.3 Å². The van der Waals surface area contributed by atoms with Crippen molar-refractivity contribution in [3.63, 3.8) is 0 Å². The van der Waals surface area contributed by atoms with Crippen LogP contribution in [0, 0.1) is 26.2 Å². The van der Waals surface area contributed by atoms with Gasteiger partial charge in [0.2, 0.25) is 0 Å². The van der Waals surface area contributed by atoms with Crippen LogP contribution in [0.3, 0.4) is 0 Å². The lowest BCUT2D eigenvalue weighted by Crippen LogP contribution is -2.00. The van der Waals surface area contributed by atoms with E-state index in [9.17, 15) is 5.11 Å². The van der Waals surface area contributed by atoms with E-state index in [0.717, 1.165) is 27.7 Å². The smallest absolute Gasteiger partial charge is 0.170 e. The number of hydrogen-bond acceptors (Lipinski definition) is 3. The molecule has 0 saturated heterocycles.